The summed E-state index contributed by atoms with van der Waals surface area (Å²) in [4.78, 5) is 1.29. The van der Waals surface area contributed by atoms with Crippen molar-refractivity contribution in [3.8, 4) is 0 Å². The number of aromatic nitrogens is 3. The average molecular weight is 304 g/mol. The smallest absolute Gasteiger partial charge is 0.0801 e. The summed E-state index contributed by atoms with van der Waals surface area (Å²) in [6, 6.07) is 8.90. The van der Waals surface area contributed by atoms with E-state index in [1.807, 2.05) is 10.9 Å². The van der Waals surface area contributed by atoms with Gasteiger partial charge in [-0.05, 0) is 43.3 Å². The maximum Gasteiger partial charge on any atom is 0.0801 e. The Bertz CT molecular complexity index is 535. The van der Waals surface area contributed by atoms with Crippen molar-refractivity contribution in [2.24, 2.45) is 0 Å². The van der Waals surface area contributed by atoms with Gasteiger partial charge in [0.05, 0.1) is 17.9 Å². The fourth-order valence-electron chi connectivity index (χ4n) is 2.35. The first-order chi connectivity index (χ1) is 10.3. The van der Waals surface area contributed by atoms with Gasteiger partial charge in [0.15, 0.2) is 0 Å². The molecule has 0 fully saturated rings. The van der Waals surface area contributed by atoms with Gasteiger partial charge in [0.2, 0.25) is 0 Å². The zero-order valence-corrected chi connectivity index (χ0v) is 13.9. The van der Waals surface area contributed by atoms with Gasteiger partial charge in [0.25, 0.3) is 0 Å². The zero-order valence-electron chi connectivity index (χ0n) is 13.0. The van der Waals surface area contributed by atoms with E-state index >= 15 is 0 Å². The second-order valence-corrected chi connectivity index (χ2v) is 5.92. The SMILES string of the molecule is CCCNC(c1ccc(SC)cc1)c1cnnn1CCC. The molecule has 1 heterocycles. The molecule has 0 saturated heterocycles. The highest BCUT2D eigenvalue weighted by Gasteiger charge is 2.18. The first kappa shape index (κ1) is 16.0. The van der Waals surface area contributed by atoms with Gasteiger partial charge in [-0.2, -0.15) is 0 Å². The summed E-state index contributed by atoms with van der Waals surface area (Å²) in [6.07, 6.45) is 6.14. The zero-order chi connectivity index (χ0) is 15.1. The molecule has 1 unspecified atom stereocenters. The lowest BCUT2D eigenvalue weighted by Crippen LogP contribution is -2.26. The average Bonchev–Trinajstić information content (AvgIpc) is 2.97. The molecule has 4 nitrogen and oxygen atoms in total. The number of nitrogens with one attached hydrogen (secondary N) is 1. The standard InChI is InChI=1S/C16H24N4S/c1-4-10-17-16(13-6-8-14(21-3)9-7-13)15-12-18-19-20(15)11-5-2/h6-9,12,16-17H,4-5,10-11H2,1-3H3. The normalized spacial score (nSPS) is 12.5. The van der Waals surface area contributed by atoms with Crippen LogP contribution < -0.4 is 5.32 Å². The van der Waals surface area contributed by atoms with E-state index in [1.54, 1.807) is 11.8 Å². The van der Waals surface area contributed by atoms with Crippen LogP contribution in [0.1, 0.15) is 44.0 Å². The van der Waals surface area contributed by atoms with E-state index in [9.17, 15) is 0 Å². The highest BCUT2D eigenvalue weighted by molar-refractivity contribution is 7.98. The van der Waals surface area contributed by atoms with Crippen LogP contribution in [0.5, 0.6) is 0 Å². The third kappa shape index (κ3) is 4.08. The number of thioether (sulfide) groups is 1. The molecule has 1 aromatic heterocycles. The van der Waals surface area contributed by atoms with E-state index in [4.69, 9.17) is 0 Å². The molecule has 21 heavy (non-hydrogen) atoms. The van der Waals surface area contributed by atoms with Gasteiger partial charge in [-0.15, -0.1) is 16.9 Å². The van der Waals surface area contributed by atoms with Crippen LogP contribution in [0.4, 0.5) is 0 Å². The fourth-order valence-corrected chi connectivity index (χ4v) is 2.76. The Morgan fingerprint density at radius 1 is 1.19 bits per heavy atom. The molecule has 0 saturated carbocycles. The summed E-state index contributed by atoms with van der Waals surface area (Å²) >= 11 is 1.77. The highest BCUT2D eigenvalue weighted by Crippen LogP contribution is 2.24. The minimum Gasteiger partial charge on any atom is -0.305 e. The van der Waals surface area contributed by atoms with Crippen LogP contribution in [0, 0.1) is 0 Å². The second kappa shape index (κ2) is 8.20. The van der Waals surface area contributed by atoms with Crippen LogP contribution in [-0.2, 0) is 6.54 Å². The Labute approximate surface area is 131 Å². The molecule has 114 valence electrons. The molecule has 0 amide bonds. The molecular formula is C16H24N4S. The molecule has 1 atom stereocenters. The summed E-state index contributed by atoms with van der Waals surface area (Å²) in [6.45, 7) is 6.23. The number of nitrogens with zero attached hydrogens (tertiary/aromatic N) is 3. The third-order valence-electron chi connectivity index (χ3n) is 3.43. The Kier molecular flexibility index (Phi) is 6.26. The van der Waals surface area contributed by atoms with E-state index in [1.165, 1.54) is 10.5 Å². The van der Waals surface area contributed by atoms with Crippen LogP contribution in [-0.4, -0.2) is 27.8 Å². The maximum atomic E-state index is 4.22. The summed E-state index contributed by atoms with van der Waals surface area (Å²) in [5.41, 5.74) is 2.41. The van der Waals surface area contributed by atoms with Crippen molar-refractivity contribution in [2.45, 2.75) is 44.2 Å². The predicted molar refractivity (Wildman–Crippen MR) is 88.7 cm³/mol. The summed E-state index contributed by atoms with van der Waals surface area (Å²) in [7, 11) is 0. The molecule has 1 aromatic carbocycles. The first-order valence-corrected chi connectivity index (χ1v) is 8.78. The second-order valence-electron chi connectivity index (χ2n) is 5.04. The van der Waals surface area contributed by atoms with Crippen molar-refractivity contribution in [3.05, 3.63) is 41.7 Å². The quantitative estimate of drug-likeness (QED) is 0.758. The van der Waals surface area contributed by atoms with Gasteiger partial charge >= 0.3 is 0 Å². The lowest BCUT2D eigenvalue weighted by Gasteiger charge is -2.20. The van der Waals surface area contributed by atoms with E-state index < -0.39 is 0 Å². The molecule has 2 aromatic rings. The molecule has 0 spiro atoms. The van der Waals surface area contributed by atoms with E-state index in [-0.39, 0.29) is 6.04 Å². The van der Waals surface area contributed by atoms with Gasteiger partial charge in [-0.25, -0.2) is 4.68 Å². The first-order valence-electron chi connectivity index (χ1n) is 7.55. The largest absolute Gasteiger partial charge is 0.305 e. The lowest BCUT2D eigenvalue weighted by atomic mass is 10.0. The number of rotatable bonds is 8. The van der Waals surface area contributed by atoms with Crippen LogP contribution in [0.15, 0.2) is 35.4 Å². The molecular weight excluding hydrogens is 280 g/mol. The van der Waals surface area contributed by atoms with E-state index in [0.717, 1.165) is 31.6 Å². The van der Waals surface area contributed by atoms with Crippen LogP contribution >= 0.6 is 11.8 Å². The van der Waals surface area contributed by atoms with Crippen molar-refractivity contribution < 1.29 is 0 Å². The van der Waals surface area contributed by atoms with Crippen molar-refractivity contribution >= 4 is 11.8 Å². The minimum atomic E-state index is 0.155. The summed E-state index contributed by atoms with van der Waals surface area (Å²) < 4.78 is 2.01. The van der Waals surface area contributed by atoms with Crippen LogP contribution in [0.3, 0.4) is 0 Å². The van der Waals surface area contributed by atoms with Gasteiger partial charge in [0.1, 0.15) is 0 Å². The van der Waals surface area contributed by atoms with Crippen LogP contribution in [0.25, 0.3) is 0 Å². The molecule has 2 rings (SSSR count). The minimum absolute atomic E-state index is 0.155. The van der Waals surface area contributed by atoms with Crippen molar-refractivity contribution in [2.75, 3.05) is 12.8 Å². The predicted octanol–water partition coefficient (Wildman–Crippen LogP) is 3.50. The van der Waals surface area contributed by atoms with Crippen molar-refractivity contribution in [1.29, 1.82) is 0 Å². The molecule has 0 bridgehead atoms. The molecule has 0 aliphatic carbocycles. The maximum absolute atomic E-state index is 4.22. The number of benzene rings is 1. The van der Waals surface area contributed by atoms with Gasteiger partial charge in [-0.1, -0.05) is 31.2 Å². The monoisotopic (exact) mass is 304 g/mol. The molecule has 0 radical (unpaired) electrons. The molecule has 0 aliphatic heterocycles. The molecule has 0 aliphatic rings. The Morgan fingerprint density at radius 3 is 2.57 bits per heavy atom. The van der Waals surface area contributed by atoms with Crippen molar-refractivity contribution in [3.63, 3.8) is 0 Å². The summed E-state index contributed by atoms with van der Waals surface area (Å²) in [5.74, 6) is 0. The third-order valence-corrected chi connectivity index (χ3v) is 4.17. The fraction of sp³-hybridized carbons (Fsp3) is 0.500. The Hall–Kier alpha value is -1.33. The van der Waals surface area contributed by atoms with Gasteiger partial charge in [0, 0.05) is 11.4 Å². The Morgan fingerprint density at radius 2 is 1.95 bits per heavy atom. The lowest BCUT2D eigenvalue weighted by molar-refractivity contribution is 0.504. The molecule has 5 heteroatoms. The van der Waals surface area contributed by atoms with Gasteiger partial charge in [-0.3, -0.25) is 0 Å². The Balaban J connectivity index is 2.29. The number of hydrogen-bond donors (Lipinski definition) is 1. The highest BCUT2D eigenvalue weighted by atomic mass is 32.2. The van der Waals surface area contributed by atoms with E-state index in [2.05, 4.69) is 60.0 Å². The summed E-state index contributed by atoms with van der Waals surface area (Å²) in [5, 5.41) is 11.9. The molecule has 1 N–H and O–H groups in total. The topological polar surface area (TPSA) is 42.7 Å². The van der Waals surface area contributed by atoms with Crippen molar-refractivity contribution in [1.82, 2.24) is 20.3 Å². The van der Waals surface area contributed by atoms with Crippen LogP contribution in [0.2, 0.25) is 0 Å². The van der Waals surface area contributed by atoms with Gasteiger partial charge < -0.3 is 5.32 Å². The van der Waals surface area contributed by atoms with E-state index in [0.29, 0.717) is 0 Å². The number of aryl methyl sites for hydroxylation is 1. The number of hydrogen-bond acceptors (Lipinski definition) is 4.